The number of pyridine rings is 1. The van der Waals surface area contributed by atoms with E-state index in [0.29, 0.717) is 29.4 Å². The van der Waals surface area contributed by atoms with Crippen molar-refractivity contribution in [2.24, 2.45) is 23.5 Å². The predicted molar refractivity (Wildman–Crippen MR) is 97.8 cm³/mol. The summed E-state index contributed by atoms with van der Waals surface area (Å²) in [5.41, 5.74) is 7.10. The number of nitrogens with zero attached hydrogens (tertiary/aromatic N) is 1. The number of rotatable bonds is 3. The smallest absolute Gasteiger partial charge is 0.252 e. The summed E-state index contributed by atoms with van der Waals surface area (Å²) in [6.07, 6.45) is 8.42. The van der Waals surface area contributed by atoms with E-state index in [9.17, 15) is 9.90 Å². The van der Waals surface area contributed by atoms with Crippen LogP contribution < -0.4 is 11.1 Å². The minimum absolute atomic E-state index is 0. The second-order valence-electron chi connectivity index (χ2n) is 8.02. The van der Waals surface area contributed by atoms with E-state index in [-0.39, 0.29) is 12.4 Å². The van der Waals surface area contributed by atoms with Crippen LogP contribution in [-0.4, -0.2) is 32.6 Å². The number of hydrogen-bond donors (Lipinski definition) is 4. The molecular weight excluding hydrogens is 340 g/mol. The van der Waals surface area contributed by atoms with E-state index in [1.54, 1.807) is 6.20 Å². The summed E-state index contributed by atoms with van der Waals surface area (Å²) in [6, 6.07) is 2.22. The highest BCUT2D eigenvalue weighted by molar-refractivity contribution is 6.06. The van der Waals surface area contributed by atoms with Crippen LogP contribution >= 0.6 is 12.4 Å². The number of aliphatic hydroxyl groups is 1. The number of anilines is 1. The Labute approximate surface area is 152 Å². The van der Waals surface area contributed by atoms with Crippen molar-refractivity contribution in [3.63, 3.8) is 0 Å². The van der Waals surface area contributed by atoms with Crippen molar-refractivity contribution >= 4 is 35.0 Å². The Morgan fingerprint density at radius 3 is 2.68 bits per heavy atom. The molecule has 0 spiro atoms. The largest absolute Gasteiger partial charge is 0.390 e. The summed E-state index contributed by atoms with van der Waals surface area (Å²) in [6.45, 7) is 0. The van der Waals surface area contributed by atoms with Crippen LogP contribution in [0.3, 0.4) is 0 Å². The molecular formula is C18H23ClN4O2. The molecule has 2 aromatic heterocycles. The van der Waals surface area contributed by atoms with Gasteiger partial charge in [-0.3, -0.25) is 4.79 Å². The van der Waals surface area contributed by atoms with E-state index in [0.717, 1.165) is 36.0 Å². The van der Waals surface area contributed by atoms with Crippen LogP contribution in [0.15, 0.2) is 18.5 Å². The summed E-state index contributed by atoms with van der Waals surface area (Å²) in [5, 5.41) is 15.3. The standard InChI is InChI=1S/C18H22N4O2.ClH/c19-16(23)13-8-21-17-12(1-2-20-17)15(13)22-14-10-3-9-4-11(14)7-18(24,5-9)6-10;/h1-2,8-11,14,24H,3-7H2,(H2,19,23)(H2,20,21,22);1H/t9?,10-,11+,14?,18?;. The number of nitrogens with one attached hydrogen (secondary N) is 2. The van der Waals surface area contributed by atoms with E-state index in [1.165, 1.54) is 12.8 Å². The van der Waals surface area contributed by atoms with Gasteiger partial charge in [0.05, 0.1) is 16.9 Å². The normalized spacial score (nSPS) is 35.6. The molecule has 2 heterocycles. The minimum atomic E-state index is -0.462. The van der Waals surface area contributed by atoms with E-state index in [1.807, 2.05) is 12.3 Å². The maximum absolute atomic E-state index is 11.9. The highest BCUT2D eigenvalue weighted by Gasteiger charge is 2.54. The van der Waals surface area contributed by atoms with E-state index >= 15 is 0 Å². The molecule has 1 amide bonds. The molecule has 0 aromatic carbocycles. The summed E-state index contributed by atoms with van der Waals surface area (Å²) >= 11 is 0. The molecule has 2 aromatic rings. The van der Waals surface area contributed by atoms with Gasteiger partial charge in [-0.05, 0) is 55.9 Å². The number of halogens is 1. The Kier molecular flexibility index (Phi) is 3.74. The molecule has 5 N–H and O–H groups in total. The molecule has 6 rings (SSSR count). The molecule has 0 radical (unpaired) electrons. The SMILES string of the molecule is Cl.NC(=O)c1cnc2[nH]ccc2c1NC1[C@@H]2CC3C[C@H]1CC(O)(C3)C2. The van der Waals surface area contributed by atoms with E-state index < -0.39 is 11.5 Å². The first-order valence-corrected chi connectivity index (χ1v) is 8.77. The third-order valence-corrected chi connectivity index (χ3v) is 6.40. The second-order valence-corrected chi connectivity index (χ2v) is 8.02. The third-order valence-electron chi connectivity index (χ3n) is 6.40. The van der Waals surface area contributed by atoms with Crippen LogP contribution in [0.2, 0.25) is 0 Å². The van der Waals surface area contributed by atoms with Crippen molar-refractivity contribution in [1.29, 1.82) is 0 Å². The van der Waals surface area contributed by atoms with Crippen LogP contribution in [0.25, 0.3) is 11.0 Å². The number of nitrogens with two attached hydrogens (primary N) is 1. The van der Waals surface area contributed by atoms with Gasteiger partial charge in [-0.2, -0.15) is 0 Å². The van der Waals surface area contributed by atoms with Crippen molar-refractivity contribution in [2.45, 2.75) is 43.7 Å². The lowest BCUT2D eigenvalue weighted by atomic mass is 9.52. The van der Waals surface area contributed by atoms with Crippen LogP contribution in [0, 0.1) is 17.8 Å². The topological polar surface area (TPSA) is 104 Å². The van der Waals surface area contributed by atoms with Crippen LogP contribution in [0.1, 0.15) is 42.5 Å². The Balaban J connectivity index is 0.00000157. The molecule has 4 aliphatic rings. The van der Waals surface area contributed by atoms with E-state index in [2.05, 4.69) is 15.3 Å². The number of aromatic nitrogens is 2. The molecule has 0 saturated heterocycles. The fraction of sp³-hybridized carbons (Fsp3) is 0.556. The summed E-state index contributed by atoms with van der Waals surface area (Å²) in [7, 11) is 0. The van der Waals surface area contributed by atoms with Gasteiger partial charge in [0.2, 0.25) is 0 Å². The Morgan fingerprint density at radius 2 is 2.04 bits per heavy atom. The lowest BCUT2D eigenvalue weighted by Crippen LogP contribution is -2.59. The molecule has 4 aliphatic carbocycles. The Hall–Kier alpha value is -1.79. The maximum atomic E-state index is 11.9. The van der Waals surface area contributed by atoms with Gasteiger partial charge in [0, 0.05) is 23.8 Å². The quantitative estimate of drug-likeness (QED) is 0.673. The van der Waals surface area contributed by atoms with Crippen molar-refractivity contribution in [2.75, 3.05) is 5.32 Å². The maximum Gasteiger partial charge on any atom is 0.252 e. The van der Waals surface area contributed by atoms with Gasteiger partial charge < -0.3 is 21.1 Å². The molecule has 5 atom stereocenters. The van der Waals surface area contributed by atoms with Crippen molar-refractivity contribution in [3.8, 4) is 0 Å². The monoisotopic (exact) mass is 362 g/mol. The summed E-state index contributed by atoms with van der Waals surface area (Å²) in [5.74, 6) is 1.12. The zero-order chi connectivity index (χ0) is 16.5. The fourth-order valence-corrected chi connectivity index (χ4v) is 5.73. The van der Waals surface area contributed by atoms with Gasteiger partial charge in [-0.1, -0.05) is 0 Å². The fourth-order valence-electron chi connectivity index (χ4n) is 5.73. The summed E-state index contributed by atoms with van der Waals surface area (Å²) < 4.78 is 0. The first-order valence-electron chi connectivity index (χ1n) is 8.77. The van der Waals surface area contributed by atoms with Crippen LogP contribution in [0.4, 0.5) is 5.69 Å². The first kappa shape index (κ1) is 16.7. The van der Waals surface area contributed by atoms with Gasteiger partial charge >= 0.3 is 0 Å². The molecule has 4 bridgehead atoms. The van der Waals surface area contributed by atoms with Gasteiger partial charge in [0.15, 0.2) is 0 Å². The number of amides is 1. The zero-order valence-electron chi connectivity index (χ0n) is 13.9. The number of primary amides is 1. The van der Waals surface area contributed by atoms with Crippen LogP contribution in [0.5, 0.6) is 0 Å². The highest BCUT2D eigenvalue weighted by Crippen LogP contribution is 2.56. The number of carbonyl (C=O) groups excluding carboxylic acids is 1. The predicted octanol–water partition coefficient (Wildman–Crippen LogP) is 2.44. The number of H-pyrrole nitrogens is 1. The highest BCUT2D eigenvalue weighted by atomic mass is 35.5. The average Bonchev–Trinajstić information content (AvgIpc) is 2.97. The molecule has 4 fully saturated rings. The third kappa shape index (κ3) is 2.50. The molecule has 25 heavy (non-hydrogen) atoms. The molecule has 3 unspecified atom stereocenters. The number of aromatic amines is 1. The van der Waals surface area contributed by atoms with Gasteiger partial charge in [0.1, 0.15) is 5.65 Å². The Morgan fingerprint density at radius 1 is 1.32 bits per heavy atom. The van der Waals surface area contributed by atoms with Gasteiger partial charge in [0.25, 0.3) is 5.91 Å². The van der Waals surface area contributed by atoms with Crippen molar-refractivity contribution in [3.05, 3.63) is 24.0 Å². The lowest BCUT2D eigenvalue weighted by molar-refractivity contribution is -0.129. The molecule has 6 nitrogen and oxygen atoms in total. The average molecular weight is 363 g/mol. The zero-order valence-corrected chi connectivity index (χ0v) is 14.7. The summed E-state index contributed by atoms with van der Waals surface area (Å²) in [4.78, 5) is 19.3. The number of fused-ring (bicyclic) bond motifs is 1. The first-order chi connectivity index (χ1) is 11.5. The second kappa shape index (κ2) is 5.61. The molecule has 134 valence electrons. The number of hydrogen-bond acceptors (Lipinski definition) is 4. The molecule has 7 heteroatoms. The lowest BCUT2D eigenvalue weighted by Gasteiger charge is -2.58. The van der Waals surface area contributed by atoms with Crippen molar-refractivity contribution < 1.29 is 9.90 Å². The van der Waals surface area contributed by atoms with Gasteiger partial charge in [-0.25, -0.2) is 4.98 Å². The van der Waals surface area contributed by atoms with Crippen molar-refractivity contribution in [1.82, 2.24) is 9.97 Å². The molecule has 4 saturated carbocycles. The molecule has 0 aliphatic heterocycles. The minimum Gasteiger partial charge on any atom is -0.390 e. The van der Waals surface area contributed by atoms with Gasteiger partial charge in [-0.15, -0.1) is 12.4 Å². The van der Waals surface area contributed by atoms with Crippen LogP contribution in [-0.2, 0) is 0 Å². The van der Waals surface area contributed by atoms with E-state index in [4.69, 9.17) is 5.73 Å². The number of carbonyl (C=O) groups is 1. The Bertz CT molecular complexity index is 820.